The predicted octanol–water partition coefficient (Wildman–Crippen LogP) is 3.59. The lowest BCUT2D eigenvalue weighted by Crippen LogP contribution is -2.36. The van der Waals surface area contributed by atoms with Gasteiger partial charge in [-0.2, -0.15) is 0 Å². The van der Waals surface area contributed by atoms with Crippen molar-refractivity contribution in [1.29, 1.82) is 0 Å². The van der Waals surface area contributed by atoms with E-state index in [1.165, 1.54) is 5.56 Å². The van der Waals surface area contributed by atoms with Gasteiger partial charge in [0.25, 0.3) is 0 Å². The summed E-state index contributed by atoms with van der Waals surface area (Å²) in [6.07, 6.45) is 6.81. The fourth-order valence-electron chi connectivity index (χ4n) is 4.55. The average molecular weight is 350 g/mol. The number of benzene rings is 1. The second-order valence-corrected chi connectivity index (χ2v) is 7.29. The van der Waals surface area contributed by atoms with Gasteiger partial charge in [-0.15, -0.1) is 0 Å². The largest absolute Gasteiger partial charge is 0.454 e. The molecule has 26 heavy (non-hydrogen) atoms. The molecule has 134 valence electrons. The van der Waals surface area contributed by atoms with Gasteiger partial charge in [0.1, 0.15) is 0 Å². The normalized spacial score (nSPS) is 23.8. The van der Waals surface area contributed by atoms with Crippen molar-refractivity contribution in [3.8, 4) is 11.5 Å². The van der Waals surface area contributed by atoms with Crippen LogP contribution in [0, 0.1) is 0 Å². The van der Waals surface area contributed by atoms with Crippen LogP contribution in [0.15, 0.2) is 36.5 Å². The summed E-state index contributed by atoms with van der Waals surface area (Å²) in [4.78, 5) is 20.0. The van der Waals surface area contributed by atoms with Crippen LogP contribution in [0.4, 0.5) is 0 Å². The van der Waals surface area contributed by atoms with Gasteiger partial charge in [-0.05, 0) is 61.4 Å². The molecule has 1 fully saturated rings. The number of hydrogen-bond donors (Lipinski definition) is 0. The number of rotatable bonds is 2. The van der Waals surface area contributed by atoms with Crippen LogP contribution in [-0.2, 0) is 11.2 Å². The molecule has 1 aromatic heterocycles. The van der Waals surface area contributed by atoms with Gasteiger partial charge in [-0.3, -0.25) is 9.78 Å². The van der Waals surface area contributed by atoms with E-state index in [1.54, 1.807) is 0 Å². The summed E-state index contributed by atoms with van der Waals surface area (Å²) in [5, 5.41) is 0. The van der Waals surface area contributed by atoms with Gasteiger partial charge >= 0.3 is 0 Å². The SMILES string of the molecule is O=C([C@H]1CCCc2cccnc21)N1CCC[C@@H]1c1ccc2c(c1)OCO2. The standard InChI is InChI=1S/C21H22N2O3/c24-21(16-6-1-4-14-5-2-10-22-20(14)16)23-11-3-7-17(23)15-8-9-18-19(12-15)26-13-25-18/h2,5,8-10,12,16-17H,1,3-4,6-7,11,13H2/t16-,17+/m0/s1. The zero-order valence-electron chi connectivity index (χ0n) is 14.7. The summed E-state index contributed by atoms with van der Waals surface area (Å²) in [6.45, 7) is 1.09. The molecule has 1 amide bonds. The fraction of sp³-hybridized carbons (Fsp3) is 0.429. The minimum absolute atomic E-state index is 0.102. The van der Waals surface area contributed by atoms with E-state index in [-0.39, 0.29) is 24.7 Å². The van der Waals surface area contributed by atoms with E-state index >= 15 is 0 Å². The number of carbonyl (C=O) groups excluding carboxylic acids is 1. The third kappa shape index (κ3) is 2.54. The second-order valence-electron chi connectivity index (χ2n) is 7.29. The van der Waals surface area contributed by atoms with Gasteiger partial charge in [-0.1, -0.05) is 12.1 Å². The lowest BCUT2D eigenvalue weighted by atomic mass is 9.85. The number of pyridine rings is 1. The number of aromatic nitrogens is 1. The molecule has 1 saturated heterocycles. The first-order valence-electron chi connectivity index (χ1n) is 9.45. The molecule has 5 heteroatoms. The Morgan fingerprint density at radius 1 is 1.12 bits per heavy atom. The van der Waals surface area contributed by atoms with Crippen molar-refractivity contribution in [2.24, 2.45) is 0 Å². The number of ether oxygens (including phenoxy) is 2. The van der Waals surface area contributed by atoms with Crippen LogP contribution in [0.5, 0.6) is 11.5 Å². The number of likely N-dealkylation sites (tertiary alicyclic amines) is 1. The molecule has 2 atom stereocenters. The first-order chi connectivity index (χ1) is 12.8. The van der Waals surface area contributed by atoms with Crippen molar-refractivity contribution in [2.45, 2.75) is 44.1 Å². The van der Waals surface area contributed by atoms with Crippen molar-refractivity contribution in [3.63, 3.8) is 0 Å². The Kier molecular flexibility index (Phi) is 3.80. The van der Waals surface area contributed by atoms with Crippen LogP contribution >= 0.6 is 0 Å². The van der Waals surface area contributed by atoms with Gasteiger partial charge in [-0.25, -0.2) is 0 Å². The molecule has 0 radical (unpaired) electrons. The lowest BCUT2D eigenvalue weighted by molar-refractivity contribution is -0.134. The topological polar surface area (TPSA) is 51.7 Å². The number of fused-ring (bicyclic) bond motifs is 2. The van der Waals surface area contributed by atoms with E-state index in [1.807, 2.05) is 24.4 Å². The molecular formula is C21H22N2O3. The molecule has 1 aromatic carbocycles. The van der Waals surface area contributed by atoms with Gasteiger partial charge in [0.2, 0.25) is 12.7 Å². The Morgan fingerprint density at radius 2 is 2.04 bits per heavy atom. The highest BCUT2D eigenvalue weighted by Crippen LogP contribution is 2.41. The summed E-state index contributed by atoms with van der Waals surface area (Å²) in [5.74, 6) is 1.70. The van der Waals surface area contributed by atoms with Crippen molar-refractivity contribution >= 4 is 5.91 Å². The minimum Gasteiger partial charge on any atom is -0.454 e. The average Bonchev–Trinajstić information content (AvgIpc) is 3.35. The first-order valence-corrected chi connectivity index (χ1v) is 9.45. The van der Waals surface area contributed by atoms with Crippen molar-refractivity contribution in [2.75, 3.05) is 13.3 Å². The molecule has 5 nitrogen and oxygen atoms in total. The molecule has 0 N–H and O–H groups in total. The third-order valence-electron chi connectivity index (χ3n) is 5.81. The van der Waals surface area contributed by atoms with Crippen molar-refractivity contribution in [1.82, 2.24) is 9.88 Å². The van der Waals surface area contributed by atoms with E-state index in [4.69, 9.17) is 9.47 Å². The van der Waals surface area contributed by atoms with Crippen LogP contribution < -0.4 is 9.47 Å². The van der Waals surface area contributed by atoms with Gasteiger partial charge in [0, 0.05) is 12.7 Å². The summed E-state index contributed by atoms with van der Waals surface area (Å²) in [5.41, 5.74) is 3.35. The van der Waals surface area contributed by atoms with E-state index in [2.05, 4.69) is 22.0 Å². The van der Waals surface area contributed by atoms with Crippen molar-refractivity contribution < 1.29 is 14.3 Å². The van der Waals surface area contributed by atoms with E-state index in [9.17, 15) is 4.79 Å². The predicted molar refractivity (Wildman–Crippen MR) is 96.2 cm³/mol. The number of amides is 1. The zero-order chi connectivity index (χ0) is 17.5. The Bertz CT molecular complexity index is 851. The Labute approximate surface area is 152 Å². The number of aryl methyl sites for hydroxylation is 1. The van der Waals surface area contributed by atoms with Crippen LogP contribution in [0.2, 0.25) is 0 Å². The van der Waals surface area contributed by atoms with Gasteiger partial charge < -0.3 is 14.4 Å². The fourth-order valence-corrected chi connectivity index (χ4v) is 4.55. The van der Waals surface area contributed by atoms with Crippen LogP contribution in [0.1, 0.15) is 54.5 Å². The lowest BCUT2D eigenvalue weighted by Gasteiger charge is -2.31. The highest BCUT2D eigenvalue weighted by molar-refractivity contribution is 5.84. The van der Waals surface area contributed by atoms with Crippen LogP contribution in [0.25, 0.3) is 0 Å². The Morgan fingerprint density at radius 3 is 3.00 bits per heavy atom. The second kappa shape index (κ2) is 6.31. The van der Waals surface area contributed by atoms with Crippen molar-refractivity contribution in [3.05, 3.63) is 53.3 Å². The maximum absolute atomic E-state index is 13.4. The van der Waals surface area contributed by atoms with E-state index < -0.39 is 0 Å². The van der Waals surface area contributed by atoms with Crippen LogP contribution in [-0.4, -0.2) is 29.1 Å². The first kappa shape index (κ1) is 15.7. The number of nitrogens with zero attached hydrogens (tertiary/aromatic N) is 2. The minimum atomic E-state index is -0.102. The molecule has 0 spiro atoms. The maximum Gasteiger partial charge on any atom is 0.232 e. The molecule has 5 rings (SSSR count). The number of hydrogen-bond acceptors (Lipinski definition) is 4. The summed E-state index contributed by atoms with van der Waals surface area (Å²) >= 11 is 0. The molecule has 0 bridgehead atoms. The monoisotopic (exact) mass is 350 g/mol. The van der Waals surface area contributed by atoms with E-state index in [0.717, 1.165) is 61.4 Å². The molecule has 1 aliphatic carbocycles. The molecule has 2 aliphatic heterocycles. The number of carbonyl (C=O) groups is 1. The maximum atomic E-state index is 13.4. The van der Waals surface area contributed by atoms with E-state index in [0.29, 0.717) is 0 Å². The zero-order valence-corrected chi connectivity index (χ0v) is 14.7. The van der Waals surface area contributed by atoms with Crippen LogP contribution in [0.3, 0.4) is 0 Å². The molecule has 2 aromatic rings. The highest BCUT2D eigenvalue weighted by Gasteiger charge is 2.37. The molecular weight excluding hydrogens is 328 g/mol. The smallest absolute Gasteiger partial charge is 0.232 e. The van der Waals surface area contributed by atoms with Gasteiger partial charge in [0.05, 0.1) is 17.7 Å². The van der Waals surface area contributed by atoms with Gasteiger partial charge in [0.15, 0.2) is 11.5 Å². The summed E-state index contributed by atoms with van der Waals surface area (Å²) < 4.78 is 10.9. The molecule has 3 aliphatic rings. The Balaban J connectivity index is 1.43. The summed E-state index contributed by atoms with van der Waals surface area (Å²) in [7, 11) is 0. The quantitative estimate of drug-likeness (QED) is 0.830. The molecule has 3 heterocycles. The third-order valence-corrected chi connectivity index (χ3v) is 5.81. The molecule has 0 unspecified atom stereocenters. The highest BCUT2D eigenvalue weighted by atomic mass is 16.7. The Hall–Kier alpha value is -2.56. The molecule has 0 saturated carbocycles. The summed E-state index contributed by atoms with van der Waals surface area (Å²) in [6, 6.07) is 10.3.